The van der Waals surface area contributed by atoms with Crippen molar-refractivity contribution in [2.45, 2.75) is 9.79 Å². The van der Waals surface area contributed by atoms with E-state index in [9.17, 15) is 26.6 Å². The summed E-state index contributed by atoms with van der Waals surface area (Å²) in [6.07, 6.45) is 0.873. The summed E-state index contributed by atoms with van der Waals surface area (Å²) in [5.41, 5.74) is -0.120. The van der Waals surface area contributed by atoms with E-state index in [1.54, 1.807) is 0 Å². The minimum atomic E-state index is -4.87. The van der Waals surface area contributed by atoms with Crippen molar-refractivity contribution in [2.75, 3.05) is 11.0 Å². The Morgan fingerprint density at radius 3 is 2.24 bits per heavy atom. The zero-order valence-corrected chi connectivity index (χ0v) is 19.8. The molecule has 0 spiro atoms. The first-order valence-electron chi connectivity index (χ1n) is 5.75. The molecule has 0 aliphatic heterocycles. The van der Waals surface area contributed by atoms with Gasteiger partial charge in [-0.3, -0.25) is 9.76 Å². The number of fused-ring (bicyclic) bond motifs is 1. The SMILES string of the molecule is CS(=O)(=O)Nc1cc(S(=O)(=O)[O-])c2cccc(SOO[O-])c2c1.[Na+].[Na+]. The zero-order chi connectivity index (χ0) is 17.3. The standard InChI is InChI=1S/C11H11NO8S3.2Na/c1-22(14,15)12-7-5-9-8(11(6-7)23(16,17)18)3-2-4-10(9)21-20-19-13;;/h2-6,12-13H,1H3,(H,16,17,18);;/q;2*+1/p-2. The van der Waals surface area contributed by atoms with Crippen molar-refractivity contribution in [3.63, 3.8) is 0 Å². The van der Waals surface area contributed by atoms with E-state index < -0.39 is 25.0 Å². The third-order valence-corrected chi connectivity index (χ3v) is 4.78. The van der Waals surface area contributed by atoms with Crippen LogP contribution in [0.3, 0.4) is 0 Å². The second-order valence-electron chi connectivity index (χ2n) is 4.37. The number of sulfonamides is 1. The van der Waals surface area contributed by atoms with Crippen LogP contribution in [-0.4, -0.2) is 27.6 Å². The molecule has 2 rings (SSSR count). The molecule has 0 fully saturated rings. The fourth-order valence-corrected chi connectivity index (χ4v) is 3.69. The summed E-state index contributed by atoms with van der Waals surface area (Å²) in [7, 11) is -8.57. The molecule has 25 heavy (non-hydrogen) atoms. The summed E-state index contributed by atoms with van der Waals surface area (Å²) >= 11 is 0.487. The molecular formula is C11H9NNa2O8S3. The predicted octanol–water partition coefficient (Wildman–Crippen LogP) is -5.65. The molecule has 0 aromatic heterocycles. The molecule has 14 heteroatoms. The van der Waals surface area contributed by atoms with E-state index in [1.165, 1.54) is 24.3 Å². The third kappa shape index (κ3) is 7.25. The van der Waals surface area contributed by atoms with Crippen molar-refractivity contribution in [3.8, 4) is 0 Å². The Hall–Kier alpha value is 0.590. The van der Waals surface area contributed by atoms with Gasteiger partial charge >= 0.3 is 59.1 Å². The van der Waals surface area contributed by atoms with E-state index in [4.69, 9.17) is 0 Å². The Kier molecular flexibility index (Phi) is 10.5. The molecular weight excluding hydrogens is 416 g/mol. The third-order valence-electron chi connectivity index (χ3n) is 2.64. The van der Waals surface area contributed by atoms with E-state index in [0.29, 0.717) is 12.0 Å². The first kappa shape index (κ1) is 25.6. The molecule has 0 unspecified atom stereocenters. The number of hydrogen-bond acceptors (Lipinski definition) is 9. The molecule has 0 bridgehead atoms. The van der Waals surface area contributed by atoms with Crippen molar-refractivity contribution in [2.24, 2.45) is 0 Å². The number of hydrogen-bond donors (Lipinski definition) is 1. The van der Waals surface area contributed by atoms with Crippen LogP contribution in [0.25, 0.3) is 10.8 Å². The maximum atomic E-state index is 11.4. The minimum absolute atomic E-state index is 0. The molecule has 0 amide bonds. The fourth-order valence-electron chi connectivity index (χ4n) is 1.93. The van der Waals surface area contributed by atoms with Gasteiger partial charge in [-0.2, -0.15) is 4.33 Å². The summed E-state index contributed by atoms with van der Waals surface area (Å²) in [6.45, 7) is 0. The van der Waals surface area contributed by atoms with Gasteiger partial charge in [0, 0.05) is 15.7 Å². The van der Waals surface area contributed by atoms with E-state index in [1.807, 2.05) is 0 Å². The number of rotatable bonds is 6. The van der Waals surface area contributed by atoms with Crippen LogP contribution in [-0.2, 0) is 29.5 Å². The summed E-state index contributed by atoms with van der Waals surface area (Å²) in [4.78, 5) is -0.355. The van der Waals surface area contributed by atoms with Gasteiger partial charge in [-0.1, -0.05) is 12.1 Å². The maximum Gasteiger partial charge on any atom is 1.00 e. The molecule has 0 saturated heterocycles. The van der Waals surface area contributed by atoms with Gasteiger partial charge in [0.15, 0.2) is 0 Å². The second-order valence-corrected chi connectivity index (χ2v) is 8.21. The topological polar surface area (TPSA) is 145 Å². The fraction of sp³-hybridized carbons (Fsp3) is 0.0909. The molecule has 0 saturated carbocycles. The van der Waals surface area contributed by atoms with E-state index in [0.717, 1.165) is 12.3 Å². The predicted molar refractivity (Wildman–Crippen MR) is 78.4 cm³/mol. The summed E-state index contributed by atoms with van der Waals surface area (Å²) in [6, 6.07) is 6.51. The molecule has 9 nitrogen and oxygen atoms in total. The molecule has 1 N–H and O–H groups in total. The quantitative estimate of drug-likeness (QED) is 0.157. The first-order valence-corrected chi connectivity index (χ1v) is 9.79. The van der Waals surface area contributed by atoms with Crippen molar-refractivity contribution >= 4 is 48.6 Å². The van der Waals surface area contributed by atoms with Crippen LogP contribution in [0, 0.1) is 0 Å². The van der Waals surface area contributed by atoms with Gasteiger partial charge in [-0.25, -0.2) is 16.8 Å². The van der Waals surface area contributed by atoms with Gasteiger partial charge < -0.3 is 9.81 Å². The van der Waals surface area contributed by atoms with Gasteiger partial charge in [-0.05, 0) is 18.2 Å². The van der Waals surface area contributed by atoms with Gasteiger partial charge in [0.25, 0.3) is 0 Å². The molecule has 0 radical (unpaired) electrons. The Morgan fingerprint density at radius 1 is 1.08 bits per heavy atom. The van der Waals surface area contributed by atoms with E-state index >= 15 is 0 Å². The van der Waals surface area contributed by atoms with Crippen LogP contribution in [0.1, 0.15) is 0 Å². The normalized spacial score (nSPS) is 11.5. The monoisotopic (exact) mass is 425 g/mol. The van der Waals surface area contributed by atoms with Gasteiger partial charge in [-0.15, -0.1) is 0 Å². The van der Waals surface area contributed by atoms with Crippen LogP contribution in [0.4, 0.5) is 5.69 Å². The molecule has 0 aliphatic rings. The van der Waals surface area contributed by atoms with Crippen molar-refractivity contribution in [1.29, 1.82) is 0 Å². The average molecular weight is 425 g/mol. The molecule has 0 aliphatic carbocycles. The number of benzene rings is 2. The van der Waals surface area contributed by atoms with Crippen molar-refractivity contribution in [1.82, 2.24) is 0 Å². The number of anilines is 1. The molecule has 2 aromatic rings. The molecule has 126 valence electrons. The number of nitrogens with one attached hydrogen (secondary N) is 1. The Labute approximate surface area is 192 Å². The van der Waals surface area contributed by atoms with Gasteiger partial charge in [0.2, 0.25) is 10.0 Å². The Bertz CT molecular complexity index is 949. The van der Waals surface area contributed by atoms with Crippen molar-refractivity contribution in [3.05, 3.63) is 30.3 Å². The smallest absolute Gasteiger partial charge is 0.744 e. The average Bonchev–Trinajstić information content (AvgIpc) is 2.41. The minimum Gasteiger partial charge on any atom is -0.744 e. The summed E-state index contributed by atoms with van der Waals surface area (Å²) in [5, 5.41) is 13.4. The molecule has 0 atom stereocenters. The van der Waals surface area contributed by atoms with Crippen molar-refractivity contribution < 1.29 is 95.1 Å². The van der Waals surface area contributed by atoms with Crippen LogP contribution < -0.4 is 69.1 Å². The van der Waals surface area contributed by atoms with Crippen LogP contribution in [0.2, 0.25) is 0 Å². The maximum absolute atomic E-state index is 11.4. The molecule has 2 aromatic carbocycles. The zero-order valence-electron chi connectivity index (χ0n) is 13.4. The van der Waals surface area contributed by atoms with E-state index in [2.05, 4.69) is 14.1 Å². The Balaban J connectivity index is 0.00000288. The van der Waals surface area contributed by atoms with Crippen LogP contribution in [0.5, 0.6) is 0 Å². The van der Waals surface area contributed by atoms with Crippen LogP contribution >= 0.6 is 12.0 Å². The largest absolute Gasteiger partial charge is 1.00 e. The van der Waals surface area contributed by atoms with E-state index in [-0.39, 0.29) is 80.5 Å². The molecule has 0 heterocycles. The Morgan fingerprint density at radius 2 is 1.72 bits per heavy atom. The summed E-state index contributed by atoms with van der Waals surface area (Å²) < 4.78 is 63.3. The van der Waals surface area contributed by atoms with Gasteiger partial charge in [0.1, 0.15) is 10.1 Å². The van der Waals surface area contributed by atoms with Gasteiger partial charge in [0.05, 0.1) is 28.9 Å². The first-order chi connectivity index (χ1) is 10.6. The second kappa shape index (κ2) is 10.2. The van der Waals surface area contributed by atoms with Crippen LogP contribution in [0.15, 0.2) is 40.1 Å². The summed E-state index contributed by atoms with van der Waals surface area (Å²) in [5.74, 6) is 0.